The van der Waals surface area contributed by atoms with Crippen LogP contribution in [-0.2, 0) is 14.9 Å². The molecule has 1 aromatic heterocycles. The average molecular weight is 542 g/mol. The maximum atomic E-state index is 13.3. The van der Waals surface area contributed by atoms with Gasteiger partial charge in [-0.05, 0) is 92.7 Å². The third kappa shape index (κ3) is 7.57. The van der Waals surface area contributed by atoms with Crippen molar-refractivity contribution < 1.29 is 28.9 Å². The van der Waals surface area contributed by atoms with E-state index in [2.05, 4.69) is 28.5 Å². The molecule has 8 heteroatoms. The maximum absolute atomic E-state index is 13.3. The molecule has 2 N–H and O–H groups in total. The van der Waals surface area contributed by atoms with Gasteiger partial charge < -0.3 is 19.8 Å². The molecule has 0 spiro atoms. The van der Waals surface area contributed by atoms with E-state index in [0.717, 1.165) is 42.1 Å². The topological polar surface area (TPSA) is 87.1 Å². The molecule has 0 unspecified atom stereocenters. The van der Waals surface area contributed by atoms with E-state index in [9.17, 15) is 14.0 Å². The highest BCUT2D eigenvalue weighted by atomic mass is 32.1. The van der Waals surface area contributed by atoms with Gasteiger partial charge >= 0.3 is 5.97 Å². The number of aliphatic hydroxyl groups excluding tert-OH is 2. The van der Waals surface area contributed by atoms with Crippen LogP contribution >= 0.6 is 11.3 Å². The molecule has 0 saturated carbocycles. The Labute approximate surface area is 227 Å². The minimum Gasteiger partial charge on any atom is -0.465 e. The Hall–Kier alpha value is -2.91. The number of hydrogen-bond donors (Lipinski definition) is 2. The minimum atomic E-state index is -0.651. The van der Waals surface area contributed by atoms with Gasteiger partial charge in [0.05, 0.1) is 25.2 Å². The molecule has 1 aliphatic heterocycles. The SMILES string of the molecule is CCOC(=O)C1(c2ccsc2-c2ccccc2)CCN(CCCC(=O)c2ccc(F)cc2)CC1.OCCO. The fraction of sp³-hybridized carbons (Fsp3) is 0.400. The highest BCUT2D eigenvalue weighted by Crippen LogP contribution is 2.44. The van der Waals surface area contributed by atoms with Crippen LogP contribution in [0.25, 0.3) is 10.4 Å². The number of aliphatic hydroxyl groups is 2. The first kappa shape index (κ1) is 29.6. The second-order valence-electron chi connectivity index (χ2n) is 9.15. The molecule has 0 amide bonds. The fourth-order valence-corrected chi connectivity index (χ4v) is 5.76. The molecule has 4 rings (SSSR count). The molecule has 3 aromatic rings. The molecular weight excluding hydrogens is 505 g/mol. The van der Waals surface area contributed by atoms with Gasteiger partial charge in [-0.25, -0.2) is 4.39 Å². The average Bonchev–Trinajstić information content (AvgIpc) is 3.45. The Morgan fingerprint density at radius 1 is 1.00 bits per heavy atom. The number of piperidine rings is 1. The van der Waals surface area contributed by atoms with Crippen LogP contribution in [0, 0.1) is 5.82 Å². The van der Waals surface area contributed by atoms with Crippen molar-refractivity contribution >= 4 is 23.1 Å². The van der Waals surface area contributed by atoms with Gasteiger partial charge in [0.1, 0.15) is 5.82 Å². The number of halogens is 1. The van der Waals surface area contributed by atoms with Crippen molar-refractivity contribution in [2.75, 3.05) is 39.5 Å². The molecule has 38 heavy (non-hydrogen) atoms. The van der Waals surface area contributed by atoms with Crippen LogP contribution < -0.4 is 0 Å². The Bertz CT molecular complexity index is 1140. The third-order valence-electron chi connectivity index (χ3n) is 6.74. The predicted octanol–water partition coefficient (Wildman–Crippen LogP) is 5.09. The summed E-state index contributed by atoms with van der Waals surface area (Å²) in [7, 11) is 0. The Morgan fingerprint density at radius 3 is 2.26 bits per heavy atom. The van der Waals surface area contributed by atoms with Crippen LogP contribution in [0.15, 0.2) is 66.0 Å². The monoisotopic (exact) mass is 541 g/mol. The zero-order chi connectivity index (χ0) is 27.4. The summed E-state index contributed by atoms with van der Waals surface area (Å²) in [5, 5.41) is 17.3. The van der Waals surface area contributed by atoms with E-state index in [1.807, 2.05) is 25.1 Å². The molecule has 6 nitrogen and oxygen atoms in total. The standard InChI is InChI=1S/C28H30FNO3S.C2H6O2/c1-2-33-27(32)28(24-14-20-34-26(24)22-7-4-3-5-8-22)15-18-30(19-16-28)17-6-9-25(31)21-10-12-23(29)13-11-21;3-1-2-4/h3-5,7-8,10-14,20H,2,6,9,15-19H2,1H3;3-4H,1-2H2. The molecule has 2 heterocycles. The maximum Gasteiger partial charge on any atom is 0.316 e. The molecule has 1 fully saturated rings. The largest absolute Gasteiger partial charge is 0.465 e. The minimum absolute atomic E-state index is 0.0312. The number of thiophene rings is 1. The number of benzene rings is 2. The van der Waals surface area contributed by atoms with Gasteiger partial charge in [-0.1, -0.05) is 30.3 Å². The summed E-state index contributed by atoms with van der Waals surface area (Å²) >= 11 is 1.66. The molecule has 0 aliphatic carbocycles. The van der Waals surface area contributed by atoms with Gasteiger partial charge in [0.2, 0.25) is 0 Å². The van der Waals surface area contributed by atoms with Crippen LogP contribution in [0.1, 0.15) is 48.5 Å². The molecule has 1 aliphatic rings. The first-order valence-corrected chi connectivity index (χ1v) is 13.9. The van der Waals surface area contributed by atoms with Crippen LogP contribution in [0.3, 0.4) is 0 Å². The van der Waals surface area contributed by atoms with Crippen LogP contribution in [-0.4, -0.2) is 66.3 Å². The van der Waals surface area contributed by atoms with Gasteiger partial charge in [0, 0.05) is 16.9 Å². The van der Waals surface area contributed by atoms with Crippen molar-refractivity contribution in [1.29, 1.82) is 0 Å². The van der Waals surface area contributed by atoms with Gasteiger partial charge in [-0.3, -0.25) is 9.59 Å². The second-order valence-corrected chi connectivity index (χ2v) is 10.1. The van der Waals surface area contributed by atoms with Gasteiger partial charge in [0.15, 0.2) is 5.78 Å². The zero-order valence-electron chi connectivity index (χ0n) is 21.8. The number of hydrogen-bond acceptors (Lipinski definition) is 7. The Morgan fingerprint density at radius 2 is 1.66 bits per heavy atom. The van der Waals surface area contributed by atoms with Crippen molar-refractivity contribution in [3.63, 3.8) is 0 Å². The molecular formula is C30H36FNO5S. The van der Waals surface area contributed by atoms with Gasteiger partial charge in [0.25, 0.3) is 0 Å². The fourth-order valence-electron chi connectivity index (χ4n) is 4.75. The lowest BCUT2D eigenvalue weighted by Crippen LogP contribution is -2.48. The highest BCUT2D eigenvalue weighted by molar-refractivity contribution is 7.13. The number of carbonyl (C=O) groups excluding carboxylic acids is 2. The lowest BCUT2D eigenvalue weighted by Gasteiger charge is -2.40. The van der Waals surface area contributed by atoms with Crippen LogP contribution in [0.5, 0.6) is 0 Å². The summed E-state index contributed by atoms with van der Waals surface area (Å²) in [5.74, 6) is -0.448. The molecule has 2 aromatic carbocycles. The Balaban J connectivity index is 0.000000934. The van der Waals surface area contributed by atoms with E-state index >= 15 is 0 Å². The summed E-state index contributed by atoms with van der Waals surface area (Å²) in [4.78, 5) is 29.1. The number of ketones is 1. The summed E-state index contributed by atoms with van der Waals surface area (Å²) in [6.45, 7) is 4.30. The molecule has 0 bridgehead atoms. The first-order valence-electron chi connectivity index (χ1n) is 13.0. The van der Waals surface area contributed by atoms with E-state index in [1.54, 1.807) is 11.3 Å². The summed E-state index contributed by atoms with van der Waals surface area (Å²) < 4.78 is 18.7. The number of esters is 1. The van der Waals surface area contributed by atoms with Crippen molar-refractivity contribution in [2.45, 2.75) is 38.0 Å². The van der Waals surface area contributed by atoms with Gasteiger partial charge in [-0.15, -0.1) is 11.3 Å². The highest BCUT2D eigenvalue weighted by Gasteiger charge is 2.46. The van der Waals surface area contributed by atoms with E-state index < -0.39 is 5.41 Å². The third-order valence-corrected chi connectivity index (χ3v) is 7.70. The number of rotatable bonds is 10. The summed E-state index contributed by atoms with van der Waals surface area (Å²) in [5.41, 5.74) is 2.08. The summed E-state index contributed by atoms with van der Waals surface area (Å²) in [6, 6.07) is 18.0. The van der Waals surface area contributed by atoms with Crippen molar-refractivity contribution in [1.82, 2.24) is 4.90 Å². The number of Topliss-reactive ketones (excluding diaryl/α,β-unsaturated/α-hetero) is 1. The lowest BCUT2D eigenvalue weighted by atomic mass is 9.72. The molecule has 1 saturated heterocycles. The smallest absolute Gasteiger partial charge is 0.316 e. The lowest BCUT2D eigenvalue weighted by molar-refractivity contribution is -0.152. The van der Waals surface area contributed by atoms with E-state index in [0.29, 0.717) is 31.4 Å². The molecule has 0 atom stereocenters. The predicted molar refractivity (Wildman–Crippen MR) is 148 cm³/mol. The van der Waals surface area contributed by atoms with Crippen molar-refractivity contribution in [3.05, 3.63) is 83.0 Å². The number of likely N-dealkylation sites (tertiary alicyclic amines) is 1. The van der Waals surface area contributed by atoms with Crippen molar-refractivity contribution in [2.24, 2.45) is 0 Å². The molecule has 204 valence electrons. The quantitative estimate of drug-likeness (QED) is 0.275. The number of carbonyl (C=O) groups is 2. The van der Waals surface area contributed by atoms with Crippen LogP contribution in [0.2, 0.25) is 0 Å². The zero-order valence-corrected chi connectivity index (χ0v) is 22.6. The first-order chi connectivity index (χ1) is 18.4. The second kappa shape index (κ2) is 14.9. The molecule has 0 radical (unpaired) electrons. The van der Waals surface area contributed by atoms with E-state index in [-0.39, 0.29) is 30.8 Å². The van der Waals surface area contributed by atoms with Crippen molar-refractivity contribution in [3.8, 4) is 10.4 Å². The Kier molecular flexibility index (Phi) is 11.6. The van der Waals surface area contributed by atoms with Gasteiger partial charge in [-0.2, -0.15) is 0 Å². The number of nitrogens with zero attached hydrogens (tertiary/aromatic N) is 1. The van der Waals surface area contributed by atoms with E-state index in [4.69, 9.17) is 14.9 Å². The van der Waals surface area contributed by atoms with E-state index in [1.165, 1.54) is 24.3 Å². The van der Waals surface area contributed by atoms with Crippen LogP contribution in [0.4, 0.5) is 4.39 Å². The summed E-state index contributed by atoms with van der Waals surface area (Å²) in [6.07, 6.45) is 2.53. The normalized spacial score (nSPS) is 14.8. The number of ether oxygens (including phenoxy) is 1.